The minimum atomic E-state index is -0.378. The summed E-state index contributed by atoms with van der Waals surface area (Å²) >= 11 is 1.44. The second-order valence-corrected chi connectivity index (χ2v) is 6.04. The van der Waals surface area contributed by atoms with Crippen molar-refractivity contribution in [3.8, 4) is 0 Å². The van der Waals surface area contributed by atoms with E-state index in [-0.39, 0.29) is 23.8 Å². The molecule has 2 aromatic heterocycles. The molecule has 0 unspecified atom stereocenters. The van der Waals surface area contributed by atoms with Crippen LogP contribution in [0.2, 0.25) is 0 Å². The third kappa shape index (κ3) is 2.89. The van der Waals surface area contributed by atoms with E-state index in [1.807, 2.05) is 6.92 Å². The van der Waals surface area contributed by atoms with E-state index in [4.69, 9.17) is 0 Å². The highest BCUT2D eigenvalue weighted by atomic mass is 32.1. The van der Waals surface area contributed by atoms with Gasteiger partial charge in [0.15, 0.2) is 0 Å². The maximum absolute atomic E-state index is 12.8. The number of nitrogens with zero attached hydrogens (tertiary/aromatic N) is 2. The van der Waals surface area contributed by atoms with E-state index in [0.29, 0.717) is 15.9 Å². The molecule has 0 fully saturated rings. The SMILES string of the molecule is Cc1cc2c(=O)n(CC(=O)Nc3ccc(F)cc3)cnc2s1. The summed E-state index contributed by atoms with van der Waals surface area (Å²) in [5, 5.41) is 3.12. The van der Waals surface area contributed by atoms with Crippen LogP contribution in [0.4, 0.5) is 10.1 Å². The molecular weight excluding hydrogens is 305 g/mol. The zero-order valence-electron chi connectivity index (χ0n) is 11.7. The number of carbonyl (C=O) groups is 1. The Balaban J connectivity index is 1.80. The van der Waals surface area contributed by atoms with Gasteiger partial charge in [0.25, 0.3) is 5.56 Å². The number of fused-ring (bicyclic) bond motifs is 1. The van der Waals surface area contributed by atoms with Gasteiger partial charge in [-0.25, -0.2) is 9.37 Å². The van der Waals surface area contributed by atoms with Gasteiger partial charge >= 0.3 is 0 Å². The van der Waals surface area contributed by atoms with Gasteiger partial charge in [-0.3, -0.25) is 14.2 Å². The van der Waals surface area contributed by atoms with Gasteiger partial charge in [0.1, 0.15) is 17.2 Å². The lowest BCUT2D eigenvalue weighted by Crippen LogP contribution is -2.27. The normalized spacial score (nSPS) is 10.8. The molecule has 112 valence electrons. The molecule has 0 saturated heterocycles. The number of carbonyl (C=O) groups excluding carboxylic acids is 1. The van der Waals surface area contributed by atoms with E-state index in [2.05, 4.69) is 10.3 Å². The summed E-state index contributed by atoms with van der Waals surface area (Å²) in [6.07, 6.45) is 1.37. The number of rotatable bonds is 3. The molecule has 1 N–H and O–H groups in total. The predicted molar refractivity (Wildman–Crippen MR) is 83.6 cm³/mol. The summed E-state index contributed by atoms with van der Waals surface area (Å²) in [5.74, 6) is -0.751. The van der Waals surface area contributed by atoms with Crippen LogP contribution in [0.1, 0.15) is 4.88 Å². The molecule has 1 amide bonds. The number of hydrogen-bond acceptors (Lipinski definition) is 4. The maximum atomic E-state index is 12.8. The van der Waals surface area contributed by atoms with E-state index >= 15 is 0 Å². The lowest BCUT2D eigenvalue weighted by Gasteiger charge is -2.07. The summed E-state index contributed by atoms with van der Waals surface area (Å²) in [4.78, 5) is 30.1. The van der Waals surface area contributed by atoms with Crippen molar-refractivity contribution in [1.82, 2.24) is 9.55 Å². The molecule has 0 atom stereocenters. The van der Waals surface area contributed by atoms with Crippen molar-refractivity contribution in [2.45, 2.75) is 13.5 Å². The Labute approximate surface area is 129 Å². The maximum Gasteiger partial charge on any atom is 0.262 e. The first-order valence-electron chi connectivity index (χ1n) is 6.54. The molecule has 3 rings (SSSR count). The molecule has 0 aliphatic rings. The molecule has 7 heteroatoms. The van der Waals surface area contributed by atoms with E-state index in [1.54, 1.807) is 6.07 Å². The van der Waals surface area contributed by atoms with Gasteiger partial charge in [0.05, 0.1) is 11.7 Å². The van der Waals surface area contributed by atoms with Gasteiger partial charge < -0.3 is 5.32 Å². The molecule has 1 aromatic carbocycles. The van der Waals surface area contributed by atoms with Crippen molar-refractivity contribution in [3.05, 3.63) is 57.7 Å². The molecule has 3 aromatic rings. The predicted octanol–water partition coefficient (Wildman–Crippen LogP) is 2.54. The zero-order chi connectivity index (χ0) is 15.7. The standard InChI is InChI=1S/C15H12FN3O2S/c1-9-6-12-14(22-9)17-8-19(15(12)21)7-13(20)18-11-4-2-10(16)3-5-11/h2-6,8H,7H2,1H3,(H,18,20). The van der Waals surface area contributed by atoms with E-state index < -0.39 is 0 Å². The van der Waals surface area contributed by atoms with Crippen molar-refractivity contribution >= 4 is 33.1 Å². The topological polar surface area (TPSA) is 64.0 Å². The third-order valence-corrected chi connectivity index (χ3v) is 4.04. The monoisotopic (exact) mass is 317 g/mol. The largest absolute Gasteiger partial charge is 0.325 e. The van der Waals surface area contributed by atoms with Crippen molar-refractivity contribution in [3.63, 3.8) is 0 Å². The van der Waals surface area contributed by atoms with Gasteiger partial charge in [0, 0.05) is 10.6 Å². The number of amides is 1. The smallest absolute Gasteiger partial charge is 0.262 e. The summed E-state index contributed by atoms with van der Waals surface area (Å²) in [7, 11) is 0. The first-order chi connectivity index (χ1) is 10.5. The van der Waals surface area contributed by atoms with Crippen LogP contribution in [-0.4, -0.2) is 15.5 Å². The number of hydrogen-bond donors (Lipinski definition) is 1. The molecule has 2 heterocycles. The number of anilines is 1. The van der Waals surface area contributed by atoms with Crippen molar-refractivity contribution in [1.29, 1.82) is 0 Å². The van der Waals surface area contributed by atoms with Crippen molar-refractivity contribution < 1.29 is 9.18 Å². The fourth-order valence-corrected chi connectivity index (χ4v) is 2.92. The zero-order valence-corrected chi connectivity index (χ0v) is 12.5. The van der Waals surface area contributed by atoms with Gasteiger partial charge in [-0.1, -0.05) is 0 Å². The lowest BCUT2D eigenvalue weighted by atomic mass is 10.3. The summed E-state index contributed by atoms with van der Waals surface area (Å²) in [5.41, 5.74) is 0.225. The Kier molecular flexibility index (Phi) is 3.72. The van der Waals surface area contributed by atoms with Gasteiger partial charge in [0.2, 0.25) is 5.91 Å². The number of halogens is 1. The molecule has 0 spiro atoms. The van der Waals surface area contributed by atoms with Crippen molar-refractivity contribution in [2.24, 2.45) is 0 Å². The molecule has 0 saturated carbocycles. The number of thiophene rings is 1. The summed E-state index contributed by atoms with van der Waals surface area (Å²) < 4.78 is 14.1. The third-order valence-electron chi connectivity index (χ3n) is 3.08. The molecule has 0 aliphatic carbocycles. The Morgan fingerprint density at radius 2 is 2.09 bits per heavy atom. The minimum Gasteiger partial charge on any atom is -0.325 e. The average Bonchev–Trinajstić information content (AvgIpc) is 2.86. The van der Waals surface area contributed by atoms with Crippen LogP contribution >= 0.6 is 11.3 Å². The Hall–Kier alpha value is -2.54. The van der Waals surface area contributed by atoms with Gasteiger partial charge in [-0.2, -0.15) is 0 Å². The molecule has 5 nitrogen and oxygen atoms in total. The van der Waals surface area contributed by atoms with Gasteiger partial charge in [-0.05, 0) is 37.3 Å². The van der Waals surface area contributed by atoms with E-state index in [1.165, 1.54) is 46.5 Å². The second kappa shape index (κ2) is 5.69. The highest BCUT2D eigenvalue weighted by Gasteiger charge is 2.10. The number of aryl methyl sites for hydroxylation is 1. The number of aromatic nitrogens is 2. The highest BCUT2D eigenvalue weighted by Crippen LogP contribution is 2.19. The first-order valence-corrected chi connectivity index (χ1v) is 7.35. The van der Waals surface area contributed by atoms with Crippen LogP contribution in [0.5, 0.6) is 0 Å². The van der Waals surface area contributed by atoms with Crippen LogP contribution < -0.4 is 10.9 Å². The summed E-state index contributed by atoms with van der Waals surface area (Å²) in [6.45, 7) is 1.76. The molecule has 0 bridgehead atoms. The number of nitrogens with one attached hydrogen (secondary N) is 1. The van der Waals surface area contributed by atoms with Crippen molar-refractivity contribution in [2.75, 3.05) is 5.32 Å². The van der Waals surface area contributed by atoms with Crippen LogP contribution in [0.15, 0.2) is 41.5 Å². The Bertz CT molecular complexity index is 899. The highest BCUT2D eigenvalue weighted by molar-refractivity contribution is 7.18. The van der Waals surface area contributed by atoms with Gasteiger partial charge in [-0.15, -0.1) is 11.3 Å². The molecular formula is C15H12FN3O2S. The summed E-state index contributed by atoms with van der Waals surface area (Å²) in [6, 6.07) is 7.19. The van der Waals surface area contributed by atoms with E-state index in [9.17, 15) is 14.0 Å². The first kappa shape index (κ1) is 14.4. The minimum absolute atomic E-state index is 0.145. The molecule has 0 aliphatic heterocycles. The quantitative estimate of drug-likeness (QED) is 0.807. The fourth-order valence-electron chi connectivity index (χ4n) is 2.08. The lowest BCUT2D eigenvalue weighted by molar-refractivity contribution is -0.116. The Morgan fingerprint density at radius 3 is 2.82 bits per heavy atom. The van der Waals surface area contributed by atoms with Crippen LogP contribution in [0.25, 0.3) is 10.2 Å². The van der Waals surface area contributed by atoms with E-state index in [0.717, 1.165) is 4.88 Å². The average molecular weight is 317 g/mol. The second-order valence-electron chi connectivity index (χ2n) is 4.81. The van der Waals surface area contributed by atoms with Crippen LogP contribution in [0, 0.1) is 12.7 Å². The molecule has 22 heavy (non-hydrogen) atoms. The number of benzene rings is 1. The van der Waals surface area contributed by atoms with Crippen LogP contribution in [-0.2, 0) is 11.3 Å². The fraction of sp³-hybridized carbons (Fsp3) is 0.133. The Morgan fingerprint density at radius 1 is 1.36 bits per heavy atom. The van der Waals surface area contributed by atoms with Crippen LogP contribution in [0.3, 0.4) is 0 Å². The molecule has 0 radical (unpaired) electrons.